The summed E-state index contributed by atoms with van der Waals surface area (Å²) in [6.45, 7) is 2.31. The fourth-order valence-electron chi connectivity index (χ4n) is 4.35. The first-order chi connectivity index (χ1) is 13.0. The third-order valence-corrected chi connectivity index (χ3v) is 5.69. The van der Waals surface area contributed by atoms with Crippen molar-refractivity contribution in [1.29, 1.82) is 0 Å². The molecule has 0 bridgehead atoms. The first kappa shape index (κ1) is 16.3. The highest BCUT2D eigenvalue weighted by molar-refractivity contribution is 5.96. The summed E-state index contributed by atoms with van der Waals surface area (Å²) in [5.74, 6) is -1.48. The summed E-state index contributed by atoms with van der Waals surface area (Å²) in [5, 5.41) is 7.04. The Hall–Kier alpha value is -2.90. The van der Waals surface area contributed by atoms with E-state index in [0.29, 0.717) is 37.1 Å². The van der Waals surface area contributed by atoms with Crippen LogP contribution in [0.4, 0.5) is 8.78 Å². The maximum atomic E-state index is 15.1. The van der Waals surface area contributed by atoms with Gasteiger partial charge in [-0.1, -0.05) is 0 Å². The van der Waals surface area contributed by atoms with Crippen LogP contribution in [0.2, 0.25) is 0 Å². The third-order valence-electron chi connectivity index (χ3n) is 5.69. The number of fused-ring (bicyclic) bond motifs is 4. The molecule has 5 rings (SSSR count). The van der Waals surface area contributed by atoms with Crippen LogP contribution in [0.3, 0.4) is 0 Å². The van der Waals surface area contributed by atoms with Gasteiger partial charge in [0, 0.05) is 41.4 Å². The van der Waals surface area contributed by atoms with Crippen molar-refractivity contribution in [3.8, 4) is 5.75 Å². The van der Waals surface area contributed by atoms with Gasteiger partial charge in [-0.25, -0.2) is 8.78 Å². The average molecular weight is 372 g/mol. The maximum absolute atomic E-state index is 15.1. The molecule has 0 saturated heterocycles. The number of aryl methyl sites for hydroxylation is 1. The SMILES string of the molecule is COc1cc(F)c2[nH]c3c(c2c1F)C1(CC1)N(C(=O)c1cc(C)[nH]n1)CC3. The van der Waals surface area contributed by atoms with Crippen molar-refractivity contribution < 1.29 is 18.3 Å². The molecule has 2 aliphatic rings. The van der Waals surface area contributed by atoms with Gasteiger partial charge in [-0.3, -0.25) is 9.89 Å². The molecule has 0 unspecified atom stereocenters. The third kappa shape index (κ3) is 2.09. The molecule has 2 aromatic heterocycles. The Morgan fingerprint density at radius 2 is 2.11 bits per heavy atom. The van der Waals surface area contributed by atoms with Crippen molar-refractivity contribution >= 4 is 16.8 Å². The molecule has 140 valence electrons. The maximum Gasteiger partial charge on any atom is 0.275 e. The van der Waals surface area contributed by atoms with Crippen LogP contribution in [0.25, 0.3) is 10.9 Å². The van der Waals surface area contributed by atoms with Gasteiger partial charge in [0.25, 0.3) is 5.91 Å². The lowest BCUT2D eigenvalue weighted by molar-refractivity contribution is 0.0621. The van der Waals surface area contributed by atoms with Crippen LogP contribution in [-0.4, -0.2) is 39.6 Å². The summed E-state index contributed by atoms with van der Waals surface area (Å²) in [5.41, 5.74) is 2.12. The molecule has 1 saturated carbocycles. The number of rotatable bonds is 2. The number of aromatic nitrogens is 3. The Morgan fingerprint density at radius 3 is 2.74 bits per heavy atom. The van der Waals surface area contributed by atoms with Crippen LogP contribution in [0, 0.1) is 18.6 Å². The molecule has 27 heavy (non-hydrogen) atoms. The second kappa shape index (κ2) is 5.31. The number of ether oxygens (including phenoxy) is 1. The standard InChI is InChI=1S/C19H18F2N4O2/c1-9-7-12(24-23-9)18(26)25-6-3-11-15(19(25)4-5-19)14-16(21)13(27-2)8-10(20)17(14)22-11/h7-8,22H,3-6H2,1-2H3,(H,23,24). The van der Waals surface area contributed by atoms with E-state index >= 15 is 4.39 Å². The molecule has 1 aliphatic carbocycles. The van der Waals surface area contributed by atoms with E-state index in [4.69, 9.17) is 4.74 Å². The summed E-state index contributed by atoms with van der Waals surface area (Å²) < 4.78 is 34.6. The predicted octanol–water partition coefficient (Wildman–Crippen LogP) is 3.17. The van der Waals surface area contributed by atoms with Gasteiger partial charge >= 0.3 is 0 Å². The first-order valence-electron chi connectivity index (χ1n) is 8.87. The molecule has 1 fully saturated rings. The van der Waals surface area contributed by atoms with E-state index in [1.807, 2.05) is 6.92 Å². The lowest BCUT2D eigenvalue weighted by atomic mass is 9.92. The Kier molecular flexibility index (Phi) is 3.20. The average Bonchev–Trinajstić information content (AvgIpc) is 3.12. The van der Waals surface area contributed by atoms with Crippen LogP contribution in [0.15, 0.2) is 12.1 Å². The fraction of sp³-hybridized carbons (Fsp3) is 0.368. The number of aromatic amines is 2. The number of halogens is 2. The Labute approximate surface area is 153 Å². The second-order valence-electron chi connectivity index (χ2n) is 7.28. The minimum atomic E-state index is -0.616. The molecule has 3 aromatic rings. The van der Waals surface area contributed by atoms with Crippen molar-refractivity contribution in [3.63, 3.8) is 0 Å². The summed E-state index contributed by atoms with van der Waals surface area (Å²) in [6, 6.07) is 2.75. The zero-order valence-electron chi connectivity index (χ0n) is 14.9. The monoisotopic (exact) mass is 372 g/mol. The summed E-state index contributed by atoms with van der Waals surface area (Å²) in [7, 11) is 1.31. The normalized spacial score (nSPS) is 17.4. The van der Waals surface area contributed by atoms with Crippen LogP contribution in [-0.2, 0) is 12.0 Å². The van der Waals surface area contributed by atoms with Crippen LogP contribution >= 0.6 is 0 Å². The molecule has 6 nitrogen and oxygen atoms in total. The highest BCUT2D eigenvalue weighted by Crippen LogP contribution is 2.57. The molecule has 1 amide bonds. The summed E-state index contributed by atoms with van der Waals surface area (Å²) >= 11 is 0. The summed E-state index contributed by atoms with van der Waals surface area (Å²) in [6.07, 6.45) is 1.92. The lowest BCUT2D eigenvalue weighted by Gasteiger charge is -2.36. The number of hydrogen-bond donors (Lipinski definition) is 2. The van der Waals surface area contributed by atoms with Gasteiger partial charge in [0.15, 0.2) is 17.4 Å². The van der Waals surface area contributed by atoms with Crippen LogP contribution < -0.4 is 4.74 Å². The van der Waals surface area contributed by atoms with Crippen molar-refractivity contribution in [2.75, 3.05) is 13.7 Å². The zero-order valence-corrected chi connectivity index (χ0v) is 14.9. The number of nitrogens with one attached hydrogen (secondary N) is 2. The quantitative estimate of drug-likeness (QED) is 0.726. The molecule has 3 heterocycles. The first-order valence-corrected chi connectivity index (χ1v) is 8.87. The minimum absolute atomic E-state index is 0.134. The highest BCUT2D eigenvalue weighted by atomic mass is 19.1. The second-order valence-corrected chi connectivity index (χ2v) is 7.28. The molecule has 2 N–H and O–H groups in total. The number of H-pyrrole nitrogens is 2. The van der Waals surface area contributed by atoms with E-state index in [9.17, 15) is 9.18 Å². The molecule has 1 aromatic carbocycles. The van der Waals surface area contributed by atoms with Crippen molar-refractivity contribution in [2.24, 2.45) is 0 Å². The van der Waals surface area contributed by atoms with E-state index in [-0.39, 0.29) is 22.6 Å². The number of benzene rings is 1. The van der Waals surface area contributed by atoms with Gasteiger partial charge in [0.2, 0.25) is 0 Å². The summed E-state index contributed by atoms with van der Waals surface area (Å²) in [4.78, 5) is 17.9. The van der Waals surface area contributed by atoms with Gasteiger partial charge in [0.05, 0.1) is 18.2 Å². The van der Waals surface area contributed by atoms with E-state index in [1.54, 1.807) is 11.0 Å². The van der Waals surface area contributed by atoms with E-state index in [0.717, 1.165) is 17.5 Å². The van der Waals surface area contributed by atoms with Crippen molar-refractivity contribution in [3.05, 3.63) is 46.4 Å². The van der Waals surface area contributed by atoms with Gasteiger partial charge in [0.1, 0.15) is 5.69 Å². The van der Waals surface area contributed by atoms with Crippen molar-refractivity contribution in [1.82, 2.24) is 20.1 Å². The molecule has 0 atom stereocenters. The number of hydrogen-bond acceptors (Lipinski definition) is 3. The molecule has 1 aliphatic heterocycles. The van der Waals surface area contributed by atoms with Crippen LogP contribution in [0.1, 0.15) is 40.3 Å². The van der Waals surface area contributed by atoms with Crippen molar-refractivity contribution in [2.45, 2.75) is 31.7 Å². The zero-order chi connectivity index (χ0) is 18.9. The number of nitrogens with zero attached hydrogens (tertiary/aromatic N) is 2. The predicted molar refractivity (Wildman–Crippen MR) is 93.7 cm³/mol. The Morgan fingerprint density at radius 1 is 1.33 bits per heavy atom. The number of carbonyl (C=O) groups excluding carboxylic acids is 1. The highest BCUT2D eigenvalue weighted by Gasteiger charge is 2.56. The minimum Gasteiger partial charge on any atom is -0.494 e. The lowest BCUT2D eigenvalue weighted by Crippen LogP contribution is -2.45. The number of carbonyl (C=O) groups is 1. The topological polar surface area (TPSA) is 74.0 Å². The van der Waals surface area contributed by atoms with E-state index in [2.05, 4.69) is 15.2 Å². The van der Waals surface area contributed by atoms with Gasteiger partial charge in [-0.05, 0) is 25.8 Å². The molecule has 1 spiro atoms. The molecular weight excluding hydrogens is 354 g/mol. The van der Waals surface area contributed by atoms with Gasteiger partial charge in [-0.15, -0.1) is 0 Å². The molecule has 8 heteroatoms. The van der Waals surface area contributed by atoms with Gasteiger partial charge in [-0.2, -0.15) is 5.10 Å². The smallest absolute Gasteiger partial charge is 0.275 e. The van der Waals surface area contributed by atoms with E-state index < -0.39 is 17.2 Å². The number of amides is 1. The molecular formula is C19H18F2N4O2. The largest absolute Gasteiger partial charge is 0.494 e. The Bertz CT molecular complexity index is 1100. The van der Waals surface area contributed by atoms with Crippen LogP contribution in [0.5, 0.6) is 5.75 Å². The fourth-order valence-corrected chi connectivity index (χ4v) is 4.35. The van der Waals surface area contributed by atoms with Gasteiger partial charge < -0.3 is 14.6 Å². The number of methoxy groups -OCH3 is 1. The molecule has 0 radical (unpaired) electrons. The Balaban J connectivity index is 1.69. The van der Waals surface area contributed by atoms with E-state index in [1.165, 1.54) is 7.11 Å².